The van der Waals surface area contributed by atoms with Gasteiger partial charge in [-0.1, -0.05) is 0 Å². The smallest absolute Gasteiger partial charge is 0.355 e. The van der Waals surface area contributed by atoms with Gasteiger partial charge in [0.05, 0.1) is 10.9 Å². The fourth-order valence-electron chi connectivity index (χ4n) is 2.04. The maximum atomic E-state index is 11.8. The van der Waals surface area contributed by atoms with E-state index in [1.807, 2.05) is 0 Å². The summed E-state index contributed by atoms with van der Waals surface area (Å²) < 4.78 is 0. The maximum absolute atomic E-state index is 11.8. The van der Waals surface area contributed by atoms with Crippen molar-refractivity contribution >= 4 is 23.2 Å². The third kappa shape index (κ3) is 4.00. The Morgan fingerprint density at radius 3 is 3.05 bits per heavy atom. The van der Waals surface area contributed by atoms with Crippen molar-refractivity contribution in [1.82, 2.24) is 15.6 Å². The average molecular weight is 283 g/mol. The van der Waals surface area contributed by atoms with Gasteiger partial charge in [-0.25, -0.2) is 9.78 Å². The van der Waals surface area contributed by atoms with Gasteiger partial charge in [0.15, 0.2) is 5.69 Å². The number of carbonyl (C=O) groups is 2. The van der Waals surface area contributed by atoms with Gasteiger partial charge in [0, 0.05) is 24.9 Å². The summed E-state index contributed by atoms with van der Waals surface area (Å²) in [6.07, 6.45) is 2.54. The number of aromatic carboxylic acids is 1. The van der Waals surface area contributed by atoms with Crippen molar-refractivity contribution in [1.29, 1.82) is 0 Å². The molecule has 1 fully saturated rings. The van der Waals surface area contributed by atoms with E-state index in [1.54, 1.807) is 0 Å². The van der Waals surface area contributed by atoms with Crippen LogP contribution >= 0.6 is 11.3 Å². The number of piperidine rings is 1. The zero-order valence-electron chi connectivity index (χ0n) is 10.5. The summed E-state index contributed by atoms with van der Waals surface area (Å²) in [6, 6.07) is 0. The first kappa shape index (κ1) is 14.0. The predicted octanol–water partition coefficient (Wildman–Crippen LogP) is 0.500. The van der Waals surface area contributed by atoms with Gasteiger partial charge < -0.3 is 15.7 Å². The molecule has 0 aliphatic carbocycles. The van der Waals surface area contributed by atoms with Crippen molar-refractivity contribution in [2.24, 2.45) is 5.92 Å². The fourth-order valence-corrected chi connectivity index (χ4v) is 2.81. The number of carbonyl (C=O) groups excluding carboxylic acids is 1. The van der Waals surface area contributed by atoms with E-state index < -0.39 is 5.97 Å². The van der Waals surface area contributed by atoms with Crippen molar-refractivity contribution in [2.45, 2.75) is 19.3 Å². The number of carboxylic acids is 1. The van der Waals surface area contributed by atoms with Crippen LogP contribution in [0.2, 0.25) is 0 Å². The molecule has 1 aromatic heterocycles. The van der Waals surface area contributed by atoms with E-state index in [2.05, 4.69) is 15.6 Å². The molecule has 2 rings (SSSR count). The average Bonchev–Trinajstić information content (AvgIpc) is 2.89. The van der Waals surface area contributed by atoms with Gasteiger partial charge >= 0.3 is 5.97 Å². The Bertz CT molecular complexity index is 455. The van der Waals surface area contributed by atoms with Gasteiger partial charge in [0.1, 0.15) is 0 Å². The highest BCUT2D eigenvalue weighted by Gasteiger charge is 2.20. The van der Waals surface area contributed by atoms with Crippen molar-refractivity contribution in [2.75, 3.05) is 19.6 Å². The molecule has 1 aliphatic rings. The Kier molecular flexibility index (Phi) is 4.86. The molecule has 19 heavy (non-hydrogen) atoms. The lowest BCUT2D eigenvalue weighted by molar-refractivity contribution is -0.125. The minimum atomic E-state index is -1.01. The molecule has 1 amide bonds. The van der Waals surface area contributed by atoms with Crippen molar-refractivity contribution in [3.8, 4) is 0 Å². The quantitative estimate of drug-likeness (QED) is 0.732. The summed E-state index contributed by atoms with van der Waals surface area (Å²) in [5, 5.41) is 17.1. The lowest BCUT2D eigenvalue weighted by atomic mass is 9.99. The molecule has 0 unspecified atom stereocenters. The molecule has 1 aromatic rings. The molecule has 104 valence electrons. The highest BCUT2D eigenvalue weighted by molar-refractivity contribution is 7.09. The second-order valence-corrected chi connectivity index (χ2v) is 5.46. The second-order valence-electron chi connectivity index (χ2n) is 4.52. The molecule has 6 nitrogen and oxygen atoms in total. The lowest BCUT2D eigenvalue weighted by Crippen LogP contribution is -2.41. The van der Waals surface area contributed by atoms with Crippen molar-refractivity contribution < 1.29 is 14.7 Å². The zero-order valence-corrected chi connectivity index (χ0v) is 11.3. The summed E-state index contributed by atoms with van der Waals surface area (Å²) in [5.74, 6) is -0.887. The number of rotatable bonds is 5. The number of nitrogens with one attached hydrogen (secondary N) is 2. The van der Waals surface area contributed by atoms with Crippen LogP contribution in [0.5, 0.6) is 0 Å². The van der Waals surface area contributed by atoms with Gasteiger partial charge in [0.25, 0.3) is 0 Å². The first-order chi connectivity index (χ1) is 9.16. The molecular weight excluding hydrogens is 266 g/mol. The molecule has 0 saturated carbocycles. The molecular formula is C12H17N3O3S. The van der Waals surface area contributed by atoms with E-state index in [1.165, 1.54) is 16.7 Å². The van der Waals surface area contributed by atoms with Crippen LogP contribution in [0.25, 0.3) is 0 Å². The highest BCUT2D eigenvalue weighted by Crippen LogP contribution is 2.11. The maximum Gasteiger partial charge on any atom is 0.355 e. The molecule has 1 saturated heterocycles. The lowest BCUT2D eigenvalue weighted by Gasteiger charge is -2.21. The van der Waals surface area contributed by atoms with Gasteiger partial charge in [-0.2, -0.15) is 0 Å². The van der Waals surface area contributed by atoms with E-state index >= 15 is 0 Å². The number of nitrogens with zero attached hydrogens (tertiary/aromatic N) is 1. The topological polar surface area (TPSA) is 91.3 Å². The Morgan fingerprint density at radius 1 is 1.58 bits per heavy atom. The van der Waals surface area contributed by atoms with E-state index in [0.717, 1.165) is 30.9 Å². The van der Waals surface area contributed by atoms with Crippen LogP contribution < -0.4 is 10.6 Å². The summed E-state index contributed by atoms with van der Waals surface area (Å²) >= 11 is 1.31. The van der Waals surface area contributed by atoms with Gasteiger partial charge in [-0.3, -0.25) is 4.79 Å². The summed E-state index contributed by atoms with van der Waals surface area (Å²) in [6.45, 7) is 2.23. The summed E-state index contributed by atoms with van der Waals surface area (Å²) in [7, 11) is 0. The largest absolute Gasteiger partial charge is 0.476 e. The normalized spacial score (nSPS) is 19.1. The molecule has 0 radical (unpaired) electrons. The third-order valence-corrected chi connectivity index (χ3v) is 3.99. The van der Waals surface area contributed by atoms with Crippen molar-refractivity contribution in [3.05, 3.63) is 16.1 Å². The summed E-state index contributed by atoms with van der Waals surface area (Å²) in [4.78, 5) is 26.5. The third-order valence-electron chi connectivity index (χ3n) is 3.08. The Morgan fingerprint density at radius 2 is 2.42 bits per heavy atom. The minimum absolute atomic E-state index is 0.0552. The number of hydrogen-bond acceptors (Lipinski definition) is 5. The van der Waals surface area contributed by atoms with Crippen LogP contribution in [0.1, 0.15) is 28.3 Å². The van der Waals surface area contributed by atoms with E-state index in [0.29, 0.717) is 13.0 Å². The number of amides is 1. The van der Waals surface area contributed by atoms with Gasteiger partial charge in [0.2, 0.25) is 5.91 Å². The number of hydrogen-bond donors (Lipinski definition) is 3. The van der Waals surface area contributed by atoms with E-state index in [9.17, 15) is 9.59 Å². The van der Waals surface area contributed by atoms with E-state index in [-0.39, 0.29) is 17.5 Å². The number of carboxylic acid groups (broad SMARTS) is 1. The van der Waals surface area contributed by atoms with Gasteiger partial charge in [-0.05, 0) is 19.4 Å². The molecule has 0 spiro atoms. The number of thiazole rings is 1. The zero-order chi connectivity index (χ0) is 13.7. The second kappa shape index (κ2) is 6.63. The van der Waals surface area contributed by atoms with Crippen LogP contribution in [0, 0.1) is 5.92 Å². The van der Waals surface area contributed by atoms with Gasteiger partial charge in [-0.15, -0.1) is 11.3 Å². The Balaban J connectivity index is 1.73. The highest BCUT2D eigenvalue weighted by atomic mass is 32.1. The molecule has 1 aliphatic heterocycles. The predicted molar refractivity (Wildman–Crippen MR) is 71.4 cm³/mol. The van der Waals surface area contributed by atoms with Crippen LogP contribution in [0.4, 0.5) is 0 Å². The van der Waals surface area contributed by atoms with Crippen LogP contribution in [0.15, 0.2) is 5.38 Å². The van der Waals surface area contributed by atoms with Crippen molar-refractivity contribution in [3.63, 3.8) is 0 Å². The standard InChI is InChI=1S/C12H17N3O3S/c16-11(8-2-1-4-13-6-8)14-5-3-10-15-9(7-19-10)12(17)18/h7-8,13H,1-6H2,(H,14,16)(H,17,18)/t8-/m0/s1. The van der Waals surface area contributed by atoms with E-state index in [4.69, 9.17) is 5.11 Å². The molecule has 7 heteroatoms. The van der Waals surface area contributed by atoms with Crippen LogP contribution in [-0.2, 0) is 11.2 Å². The molecule has 2 heterocycles. The molecule has 0 aromatic carbocycles. The molecule has 1 atom stereocenters. The Hall–Kier alpha value is -1.47. The first-order valence-electron chi connectivity index (χ1n) is 6.33. The molecule has 3 N–H and O–H groups in total. The minimum Gasteiger partial charge on any atom is -0.476 e. The van der Waals surface area contributed by atoms with Crippen LogP contribution in [0.3, 0.4) is 0 Å². The summed E-state index contributed by atoms with van der Waals surface area (Å²) in [5.41, 5.74) is 0.0720. The fraction of sp³-hybridized carbons (Fsp3) is 0.583. The van der Waals surface area contributed by atoms with Crippen LogP contribution in [-0.4, -0.2) is 41.6 Å². The number of aromatic nitrogens is 1. The first-order valence-corrected chi connectivity index (χ1v) is 7.21. The SMILES string of the molecule is O=C(O)c1csc(CCNC(=O)[C@H]2CCCNC2)n1. The molecule has 0 bridgehead atoms. The monoisotopic (exact) mass is 283 g/mol. The Labute approximate surface area is 115 Å².